The first-order valence-corrected chi connectivity index (χ1v) is 7.37. The summed E-state index contributed by atoms with van der Waals surface area (Å²) in [4.78, 5) is 23.1. The summed E-state index contributed by atoms with van der Waals surface area (Å²) in [5, 5.41) is 12.3. The Morgan fingerprint density at radius 3 is 2.63 bits per heavy atom. The van der Waals surface area contributed by atoms with E-state index in [0.717, 1.165) is 9.99 Å². The van der Waals surface area contributed by atoms with Gasteiger partial charge in [0.2, 0.25) is 0 Å². The first-order chi connectivity index (χ1) is 8.92. The zero-order valence-electron chi connectivity index (χ0n) is 10.1. The lowest BCUT2D eigenvalue weighted by Crippen LogP contribution is -2.54. The molecule has 1 aromatic carbocycles. The molecule has 0 radical (unpaired) electrons. The maximum atomic E-state index is 12.2. The SMILES string of the molecule is O=C(O)CC1(NC(=O)c2cc(Cl)ccc2I)CCC1. The molecular weight excluding hydrogens is 381 g/mol. The van der Waals surface area contributed by atoms with Crippen molar-refractivity contribution >= 4 is 46.1 Å². The Morgan fingerprint density at radius 1 is 1.42 bits per heavy atom. The van der Waals surface area contributed by atoms with Gasteiger partial charge in [-0.05, 0) is 60.1 Å². The van der Waals surface area contributed by atoms with E-state index in [0.29, 0.717) is 23.4 Å². The van der Waals surface area contributed by atoms with Gasteiger partial charge in [0.05, 0.1) is 17.5 Å². The number of rotatable bonds is 4. The Kier molecular flexibility index (Phi) is 4.35. The topological polar surface area (TPSA) is 66.4 Å². The highest BCUT2D eigenvalue weighted by Crippen LogP contribution is 2.35. The Bertz CT molecular complexity index is 529. The van der Waals surface area contributed by atoms with Crippen LogP contribution in [0.5, 0.6) is 0 Å². The number of benzene rings is 1. The average Bonchev–Trinajstić information content (AvgIpc) is 2.28. The lowest BCUT2D eigenvalue weighted by Gasteiger charge is -2.41. The minimum absolute atomic E-state index is 0.0319. The highest BCUT2D eigenvalue weighted by molar-refractivity contribution is 14.1. The second kappa shape index (κ2) is 5.66. The largest absolute Gasteiger partial charge is 0.481 e. The summed E-state index contributed by atoms with van der Waals surface area (Å²) in [5.41, 5.74) is -0.0985. The molecule has 1 aliphatic carbocycles. The molecule has 1 saturated carbocycles. The quantitative estimate of drug-likeness (QED) is 0.773. The molecule has 2 rings (SSSR count). The van der Waals surface area contributed by atoms with E-state index >= 15 is 0 Å². The van der Waals surface area contributed by atoms with Crippen molar-refractivity contribution in [1.29, 1.82) is 0 Å². The highest BCUT2D eigenvalue weighted by Gasteiger charge is 2.40. The molecule has 0 bridgehead atoms. The molecule has 19 heavy (non-hydrogen) atoms. The molecular formula is C13H13ClINO3. The van der Waals surface area contributed by atoms with E-state index in [1.54, 1.807) is 18.2 Å². The molecule has 4 nitrogen and oxygen atoms in total. The van der Waals surface area contributed by atoms with Crippen LogP contribution in [-0.2, 0) is 4.79 Å². The zero-order valence-corrected chi connectivity index (χ0v) is 13.0. The predicted molar refractivity (Wildman–Crippen MR) is 80.5 cm³/mol. The van der Waals surface area contributed by atoms with E-state index < -0.39 is 11.5 Å². The minimum atomic E-state index is -0.888. The van der Waals surface area contributed by atoms with Gasteiger partial charge in [-0.15, -0.1) is 0 Å². The number of hydrogen-bond acceptors (Lipinski definition) is 2. The number of carbonyl (C=O) groups excluding carboxylic acids is 1. The molecule has 0 aromatic heterocycles. The van der Waals surface area contributed by atoms with Crippen LogP contribution in [0, 0.1) is 3.57 Å². The van der Waals surface area contributed by atoms with Crippen molar-refractivity contribution in [2.24, 2.45) is 0 Å². The van der Waals surface area contributed by atoms with Crippen molar-refractivity contribution < 1.29 is 14.7 Å². The van der Waals surface area contributed by atoms with Crippen molar-refractivity contribution in [3.8, 4) is 0 Å². The van der Waals surface area contributed by atoms with Gasteiger partial charge in [-0.3, -0.25) is 9.59 Å². The number of aliphatic carboxylic acids is 1. The van der Waals surface area contributed by atoms with Crippen molar-refractivity contribution in [1.82, 2.24) is 5.32 Å². The molecule has 1 aliphatic rings. The summed E-state index contributed by atoms with van der Waals surface area (Å²) in [7, 11) is 0. The van der Waals surface area contributed by atoms with Crippen molar-refractivity contribution in [3.63, 3.8) is 0 Å². The second-order valence-electron chi connectivity index (χ2n) is 4.78. The predicted octanol–water partition coefficient (Wildman–Crippen LogP) is 3.07. The number of nitrogens with one attached hydrogen (secondary N) is 1. The van der Waals surface area contributed by atoms with E-state index in [9.17, 15) is 9.59 Å². The number of amides is 1. The Labute approximate surface area is 129 Å². The van der Waals surface area contributed by atoms with Gasteiger partial charge in [0.15, 0.2) is 0 Å². The molecule has 0 saturated heterocycles. The summed E-state index contributed by atoms with van der Waals surface area (Å²) >= 11 is 7.95. The summed E-state index contributed by atoms with van der Waals surface area (Å²) < 4.78 is 0.796. The first kappa shape index (κ1) is 14.6. The van der Waals surface area contributed by atoms with Crippen molar-refractivity contribution in [2.45, 2.75) is 31.2 Å². The van der Waals surface area contributed by atoms with Crippen LogP contribution < -0.4 is 5.32 Å². The number of halogens is 2. The van der Waals surface area contributed by atoms with Crippen molar-refractivity contribution in [2.75, 3.05) is 0 Å². The summed E-state index contributed by atoms with van der Waals surface area (Å²) in [6.07, 6.45) is 2.33. The molecule has 2 N–H and O–H groups in total. The number of carboxylic acid groups (broad SMARTS) is 1. The number of hydrogen-bond donors (Lipinski definition) is 2. The second-order valence-corrected chi connectivity index (χ2v) is 6.38. The summed E-state index contributed by atoms with van der Waals surface area (Å²) in [5.74, 6) is -1.14. The van der Waals surface area contributed by atoms with Crippen LogP contribution >= 0.6 is 34.2 Å². The molecule has 0 heterocycles. The van der Waals surface area contributed by atoms with Crippen LogP contribution in [0.1, 0.15) is 36.0 Å². The molecule has 102 valence electrons. The fourth-order valence-electron chi connectivity index (χ4n) is 2.22. The normalized spacial score (nSPS) is 16.5. The number of carboxylic acids is 1. The van der Waals surface area contributed by atoms with Gasteiger partial charge in [0, 0.05) is 8.59 Å². The van der Waals surface area contributed by atoms with Gasteiger partial charge in [0.25, 0.3) is 5.91 Å². The smallest absolute Gasteiger partial charge is 0.305 e. The zero-order chi connectivity index (χ0) is 14.0. The Balaban J connectivity index is 2.16. The molecule has 1 amide bonds. The van der Waals surface area contributed by atoms with Gasteiger partial charge < -0.3 is 10.4 Å². The van der Waals surface area contributed by atoms with E-state index in [1.807, 2.05) is 0 Å². The molecule has 6 heteroatoms. The van der Waals surface area contributed by atoms with Crippen LogP contribution in [0.15, 0.2) is 18.2 Å². The molecule has 0 aliphatic heterocycles. The highest BCUT2D eigenvalue weighted by atomic mass is 127. The van der Waals surface area contributed by atoms with Gasteiger partial charge in [0.1, 0.15) is 0 Å². The van der Waals surface area contributed by atoms with Crippen LogP contribution in [0.4, 0.5) is 0 Å². The Hall–Kier alpha value is -0.820. The lowest BCUT2D eigenvalue weighted by molar-refractivity contribution is -0.139. The van der Waals surface area contributed by atoms with Crippen molar-refractivity contribution in [3.05, 3.63) is 32.4 Å². The van der Waals surface area contributed by atoms with Gasteiger partial charge >= 0.3 is 5.97 Å². The standard InChI is InChI=1S/C13H13ClINO3/c14-8-2-3-10(15)9(6-8)12(19)16-13(4-1-5-13)7-11(17)18/h2-3,6H,1,4-5,7H2,(H,16,19)(H,17,18). The molecule has 1 aromatic rings. The minimum Gasteiger partial charge on any atom is -0.481 e. The lowest BCUT2D eigenvalue weighted by atomic mass is 9.74. The summed E-state index contributed by atoms with van der Waals surface area (Å²) in [6.45, 7) is 0. The van der Waals surface area contributed by atoms with E-state index in [1.165, 1.54) is 0 Å². The molecule has 0 atom stereocenters. The first-order valence-electron chi connectivity index (χ1n) is 5.91. The Morgan fingerprint density at radius 2 is 2.11 bits per heavy atom. The summed E-state index contributed by atoms with van der Waals surface area (Å²) in [6, 6.07) is 5.09. The molecule has 0 unspecified atom stereocenters. The van der Waals surface area contributed by atoms with E-state index in [-0.39, 0.29) is 12.3 Å². The van der Waals surface area contributed by atoms with E-state index in [2.05, 4.69) is 27.9 Å². The van der Waals surface area contributed by atoms with Gasteiger partial charge in [-0.1, -0.05) is 11.6 Å². The third kappa shape index (κ3) is 3.39. The van der Waals surface area contributed by atoms with Gasteiger partial charge in [-0.2, -0.15) is 0 Å². The van der Waals surface area contributed by atoms with E-state index in [4.69, 9.17) is 16.7 Å². The maximum Gasteiger partial charge on any atom is 0.305 e. The molecule has 1 fully saturated rings. The van der Waals surface area contributed by atoms with Crippen LogP contribution in [-0.4, -0.2) is 22.5 Å². The maximum absolute atomic E-state index is 12.2. The van der Waals surface area contributed by atoms with Crippen LogP contribution in [0.3, 0.4) is 0 Å². The fraction of sp³-hybridized carbons (Fsp3) is 0.385. The van der Waals surface area contributed by atoms with Crippen LogP contribution in [0.25, 0.3) is 0 Å². The molecule has 0 spiro atoms. The van der Waals surface area contributed by atoms with Gasteiger partial charge in [-0.25, -0.2) is 0 Å². The average molecular weight is 394 g/mol. The number of carbonyl (C=O) groups is 2. The van der Waals surface area contributed by atoms with Crippen LogP contribution in [0.2, 0.25) is 5.02 Å². The monoisotopic (exact) mass is 393 g/mol. The fourth-order valence-corrected chi connectivity index (χ4v) is 2.97. The third-order valence-electron chi connectivity index (χ3n) is 3.35. The third-order valence-corrected chi connectivity index (χ3v) is 4.53.